The summed E-state index contributed by atoms with van der Waals surface area (Å²) >= 11 is 0. The zero-order valence-corrected chi connectivity index (χ0v) is 5.86. The number of nitrogen functional groups attached to an aromatic ring is 1. The molecule has 1 rings (SSSR count). The van der Waals surface area contributed by atoms with E-state index in [-0.39, 0.29) is 0 Å². The monoisotopic (exact) mass is 145 g/mol. The number of allylic oxidation sites excluding steroid dienone is 1. The maximum absolute atomic E-state index is 8.21. The zero-order valence-electron chi connectivity index (χ0n) is 5.86. The van der Waals surface area contributed by atoms with Crippen molar-refractivity contribution in [2.75, 3.05) is 5.73 Å². The van der Waals surface area contributed by atoms with Crippen LogP contribution in [0.1, 0.15) is 5.56 Å². The summed E-state index contributed by atoms with van der Waals surface area (Å²) in [5.74, 6) is 0. The van der Waals surface area contributed by atoms with Gasteiger partial charge in [0.15, 0.2) is 0 Å². The third-order valence-electron chi connectivity index (χ3n) is 1.13. The van der Waals surface area contributed by atoms with E-state index in [4.69, 9.17) is 11.0 Å². The van der Waals surface area contributed by atoms with Crippen molar-refractivity contribution in [3.8, 4) is 6.07 Å². The first kappa shape index (κ1) is 7.29. The van der Waals surface area contributed by atoms with Gasteiger partial charge >= 0.3 is 0 Å². The van der Waals surface area contributed by atoms with Crippen molar-refractivity contribution < 1.29 is 0 Å². The van der Waals surface area contributed by atoms with Gasteiger partial charge in [0.05, 0.1) is 11.8 Å². The summed E-state index contributed by atoms with van der Waals surface area (Å²) in [4.78, 5) is 3.85. The molecule has 3 nitrogen and oxygen atoms in total. The standard InChI is InChI=1S/C8H7N3/c9-3-1-2-7-4-8(10)6-11-5-7/h1-2,4-6H,10H2. The van der Waals surface area contributed by atoms with Crippen LogP contribution in [0.25, 0.3) is 6.08 Å². The van der Waals surface area contributed by atoms with Gasteiger partial charge in [-0.3, -0.25) is 4.98 Å². The molecule has 0 saturated carbocycles. The van der Waals surface area contributed by atoms with Crippen LogP contribution in [-0.2, 0) is 0 Å². The first-order valence-electron chi connectivity index (χ1n) is 3.09. The highest BCUT2D eigenvalue weighted by molar-refractivity contribution is 5.55. The topological polar surface area (TPSA) is 62.7 Å². The Morgan fingerprint density at radius 2 is 2.36 bits per heavy atom. The predicted octanol–water partition coefficient (Wildman–Crippen LogP) is 1.20. The zero-order chi connectivity index (χ0) is 8.10. The summed E-state index contributed by atoms with van der Waals surface area (Å²) in [6.07, 6.45) is 6.24. The average Bonchev–Trinajstić information content (AvgIpc) is 2.01. The first-order valence-corrected chi connectivity index (χ1v) is 3.09. The molecule has 54 valence electrons. The first-order chi connectivity index (χ1) is 5.33. The molecule has 0 aliphatic heterocycles. The Bertz CT molecular complexity index is 309. The van der Waals surface area contributed by atoms with E-state index in [1.807, 2.05) is 6.07 Å². The normalized spacial score (nSPS) is 9.73. The summed E-state index contributed by atoms with van der Waals surface area (Å²) in [5.41, 5.74) is 6.89. The molecule has 1 aromatic heterocycles. The number of pyridine rings is 1. The second-order valence-corrected chi connectivity index (χ2v) is 2.01. The number of anilines is 1. The van der Waals surface area contributed by atoms with E-state index >= 15 is 0 Å². The van der Waals surface area contributed by atoms with Crippen molar-refractivity contribution >= 4 is 11.8 Å². The molecule has 0 aliphatic carbocycles. The van der Waals surface area contributed by atoms with Gasteiger partial charge in [0, 0.05) is 18.5 Å². The van der Waals surface area contributed by atoms with Gasteiger partial charge in [-0.1, -0.05) is 0 Å². The number of rotatable bonds is 1. The van der Waals surface area contributed by atoms with Crippen LogP contribution in [0.4, 0.5) is 5.69 Å². The number of hydrogen-bond acceptors (Lipinski definition) is 3. The maximum Gasteiger partial charge on any atom is 0.0912 e. The summed E-state index contributed by atoms with van der Waals surface area (Å²) in [7, 11) is 0. The van der Waals surface area contributed by atoms with Crippen molar-refractivity contribution in [1.29, 1.82) is 5.26 Å². The van der Waals surface area contributed by atoms with Crippen LogP contribution >= 0.6 is 0 Å². The van der Waals surface area contributed by atoms with Gasteiger partial charge in [-0.15, -0.1) is 0 Å². The van der Waals surface area contributed by atoms with Gasteiger partial charge in [0.1, 0.15) is 0 Å². The van der Waals surface area contributed by atoms with E-state index < -0.39 is 0 Å². The highest BCUT2D eigenvalue weighted by Crippen LogP contribution is 2.04. The SMILES string of the molecule is N#CC=Cc1cncc(N)c1. The number of nitriles is 1. The minimum absolute atomic E-state index is 0.602. The Labute approximate surface area is 64.8 Å². The molecule has 1 aromatic rings. The Morgan fingerprint density at radius 3 is 3.00 bits per heavy atom. The van der Waals surface area contributed by atoms with E-state index in [0.29, 0.717) is 5.69 Å². The van der Waals surface area contributed by atoms with E-state index in [0.717, 1.165) is 5.56 Å². The summed E-state index contributed by atoms with van der Waals surface area (Å²) < 4.78 is 0. The van der Waals surface area contributed by atoms with Gasteiger partial charge in [-0.25, -0.2) is 0 Å². The molecule has 0 radical (unpaired) electrons. The Morgan fingerprint density at radius 1 is 1.55 bits per heavy atom. The highest BCUT2D eigenvalue weighted by atomic mass is 14.7. The van der Waals surface area contributed by atoms with Crippen molar-refractivity contribution in [2.24, 2.45) is 0 Å². The summed E-state index contributed by atoms with van der Waals surface area (Å²) in [6.45, 7) is 0. The fourth-order valence-corrected chi connectivity index (χ4v) is 0.701. The number of aromatic nitrogens is 1. The minimum Gasteiger partial charge on any atom is -0.397 e. The predicted molar refractivity (Wildman–Crippen MR) is 43.3 cm³/mol. The third-order valence-corrected chi connectivity index (χ3v) is 1.13. The molecule has 0 aromatic carbocycles. The molecule has 11 heavy (non-hydrogen) atoms. The van der Waals surface area contributed by atoms with Crippen LogP contribution in [0.3, 0.4) is 0 Å². The number of nitrogens with zero attached hydrogens (tertiary/aromatic N) is 2. The van der Waals surface area contributed by atoms with Gasteiger partial charge < -0.3 is 5.73 Å². The van der Waals surface area contributed by atoms with Crippen molar-refractivity contribution in [3.63, 3.8) is 0 Å². The van der Waals surface area contributed by atoms with Gasteiger partial charge in [0.25, 0.3) is 0 Å². The largest absolute Gasteiger partial charge is 0.397 e. The molecule has 0 aliphatic rings. The number of nitrogens with two attached hydrogens (primary N) is 1. The molecule has 3 heteroatoms. The van der Waals surface area contributed by atoms with E-state index in [2.05, 4.69) is 4.98 Å². The molecular formula is C8H7N3. The fourth-order valence-electron chi connectivity index (χ4n) is 0.701. The summed E-state index contributed by atoms with van der Waals surface area (Å²) in [6, 6.07) is 3.64. The quantitative estimate of drug-likeness (QED) is 0.604. The lowest BCUT2D eigenvalue weighted by Crippen LogP contribution is -1.86. The molecule has 0 saturated heterocycles. The summed E-state index contributed by atoms with van der Waals surface area (Å²) in [5, 5.41) is 8.21. The van der Waals surface area contributed by atoms with Crippen LogP contribution in [0.5, 0.6) is 0 Å². The van der Waals surface area contributed by atoms with Gasteiger partial charge in [0.2, 0.25) is 0 Å². The Balaban J connectivity index is 2.90. The smallest absolute Gasteiger partial charge is 0.0912 e. The molecule has 0 unspecified atom stereocenters. The highest BCUT2D eigenvalue weighted by Gasteiger charge is 1.86. The lowest BCUT2D eigenvalue weighted by atomic mass is 10.2. The molecule has 0 amide bonds. The fraction of sp³-hybridized carbons (Fsp3) is 0. The van der Waals surface area contributed by atoms with Crippen LogP contribution < -0.4 is 5.73 Å². The minimum atomic E-state index is 0.602. The second kappa shape index (κ2) is 3.37. The van der Waals surface area contributed by atoms with Crippen LogP contribution in [0.2, 0.25) is 0 Å². The average molecular weight is 145 g/mol. The van der Waals surface area contributed by atoms with Gasteiger partial charge in [-0.05, 0) is 17.7 Å². The third kappa shape index (κ3) is 2.11. The van der Waals surface area contributed by atoms with Crippen LogP contribution in [-0.4, -0.2) is 4.98 Å². The van der Waals surface area contributed by atoms with E-state index in [9.17, 15) is 0 Å². The second-order valence-electron chi connectivity index (χ2n) is 2.01. The maximum atomic E-state index is 8.21. The van der Waals surface area contributed by atoms with Crippen LogP contribution in [0, 0.1) is 11.3 Å². The van der Waals surface area contributed by atoms with Gasteiger partial charge in [-0.2, -0.15) is 5.26 Å². The molecule has 0 fully saturated rings. The molecule has 0 bridgehead atoms. The number of hydrogen-bond donors (Lipinski definition) is 1. The Kier molecular flexibility index (Phi) is 2.24. The lowest BCUT2D eigenvalue weighted by molar-refractivity contribution is 1.32. The molecule has 1 heterocycles. The van der Waals surface area contributed by atoms with Crippen molar-refractivity contribution in [1.82, 2.24) is 4.98 Å². The molecule has 0 spiro atoms. The van der Waals surface area contributed by atoms with Crippen molar-refractivity contribution in [3.05, 3.63) is 30.1 Å². The van der Waals surface area contributed by atoms with Crippen molar-refractivity contribution in [2.45, 2.75) is 0 Å². The Hall–Kier alpha value is -1.82. The molecule has 0 atom stereocenters. The molecule has 2 N–H and O–H groups in total. The molecular weight excluding hydrogens is 138 g/mol. The van der Waals surface area contributed by atoms with E-state index in [1.54, 1.807) is 24.5 Å². The van der Waals surface area contributed by atoms with Crippen LogP contribution in [0.15, 0.2) is 24.5 Å². The van der Waals surface area contributed by atoms with E-state index in [1.165, 1.54) is 6.08 Å². The lowest BCUT2D eigenvalue weighted by Gasteiger charge is -1.92.